The molecular formula is C18H22Cl2N2O2. The fourth-order valence-electron chi connectivity index (χ4n) is 3.00. The number of benzene rings is 1. The summed E-state index contributed by atoms with van der Waals surface area (Å²) in [5, 5.41) is -0.0936. The van der Waals surface area contributed by atoms with Crippen LogP contribution in [0, 0.1) is 0 Å². The number of rotatable bonds is 6. The number of halogens is 2. The third kappa shape index (κ3) is 5.21. The quantitative estimate of drug-likeness (QED) is 0.696. The third-order valence-electron chi connectivity index (χ3n) is 4.09. The Labute approximate surface area is 152 Å². The van der Waals surface area contributed by atoms with Gasteiger partial charge < -0.3 is 14.0 Å². The van der Waals surface area contributed by atoms with E-state index in [4.69, 9.17) is 32.7 Å². The minimum absolute atomic E-state index is 0.126. The van der Waals surface area contributed by atoms with Gasteiger partial charge in [0.25, 0.3) is 0 Å². The van der Waals surface area contributed by atoms with Gasteiger partial charge in [0.15, 0.2) is 6.29 Å². The van der Waals surface area contributed by atoms with E-state index in [1.807, 2.05) is 42.0 Å². The Balaban J connectivity index is 1.54. The lowest BCUT2D eigenvalue weighted by Gasteiger charge is -2.35. The summed E-state index contributed by atoms with van der Waals surface area (Å²) in [4.78, 5) is 4.06. The Bertz CT molecular complexity index is 629. The summed E-state index contributed by atoms with van der Waals surface area (Å²) in [6.45, 7) is 2.67. The number of hydrogen-bond donors (Lipinski definition) is 0. The third-order valence-corrected chi connectivity index (χ3v) is 4.57. The van der Waals surface area contributed by atoms with Crippen LogP contribution in [0.2, 0.25) is 5.02 Å². The van der Waals surface area contributed by atoms with E-state index in [1.165, 1.54) is 0 Å². The predicted octanol–water partition coefficient (Wildman–Crippen LogP) is 4.65. The molecule has 0 aliphatic carbocycles. The summed E-state index contributed by atoms with van der Waals surface area (Å²) in [5.74, 6) is 0. The maximum Gasteiger partial charge on any atom is 0.160 e. The Hall–Kier alpha value is -1.07. The highest BCUT2D eigenvalue weighted by Crippen LogP contribution is 2.30. The lowest BCUT2D eigenvalue weighted by Crippen LogP contribution is -2.38. The van der Waals surface area contributed by atoms with Gasteiger partial charge in [0.2, 0.25) is 0 Å². The number of alkyl halides is 1. The van der Waals surface area contributed by atoms with Crippen LogP contribution in [0.1, 0.15) is 31.7 Å². The summed E-state index contributed by atoms with van der Waals surface area (Å²) in [6, 6.07) is 7.66. The number of ether oxygens (including phenoxy) is 2. The molecule has 0 N–H and O–H groups in total. The normalized spacial score (nSPS) is 23.8. The molecule has 4 nitrogen and oxygen atoms in total. The van der Waals surface area contributed by atoms with E-state index in [2.05, 4.69) is 4.98 Å². The molecule has 1 aliphatic rings. The van der Waals surface area contributed by atoms with E-state index in [1.54, 1.807) is 12.5 Å². The van der Waals surface area contributed by atoms with E-state index in [0.717, 1.165) is 31.4 Å². The van der Waals surface area contributed by atoms with Gasteiger partial charge in [-0.15, -0.1) is 0 Å². The molecule has 0 radical (unpaired) electrons. The van der Waals surface area contributed by atoms with Crippen LogP contribution >= 0.6 is 23.2 Å². The molecule has 24 heavy (non-hydrogen) atoms. The molecule has 2 aromatic rings. The maximum atomic E-state index is 6.58. The van der Waals surface area contributed by atoms with E-state index in [0.29, 0.717) is 11.4 Å². The summed E-state index contributed by atoms with van der Waals surface area (Å²) in [7, 11) is 0. The average Bonchev–Trinajstić information content (AvgIpc) is 3.02. The molecule has 6 heteroatoms. The first kappa shape index (κ1) is 17.7. The van der Waals surface area contributed by atoms with E-state index in [9.17, 15) is 0 Å². The maximum absolute atomic E-state index is 6.58. The Morgan fingerprint density at radius 3 is 2.83 bits per heavy atom. The van der Waals surface area contributed by atoms with Gasteiger partial charge in [0, 0.05) is 30.4 Å². The lowest BCUT2D eigenvalue weighted by atomic mass is 10.1. The molecule has 3 rings (SSSR count). The Morgan fingerprint density at radius 1 is 1.33 bits per heavy atom. The molecular weight excluding hydrogens is 347 g/mol. The highest BCUT2D eigenvalue weighted by atomic mass is 35.5. The smallest absolute Gasteiger partial charge is 0.160 e. The van der Waals surface area contributed by atoms with Gasteiger partial charge in [-0.25, -0.2) is 4.98 Å². The number of aromatic nitrogens is 2. The molecule has 0 bridgehead atoms. The van der Waals surface area contributed by atoms with Gasteiger partial charge in [-0.2, -0.15) is 0 Å². The van der Waals surface area contributed by atoms with Crippen LogP contribution in [0.3, 0.4) is 0 Å². The zero-order valence-corrected chi connectivity index (χ0v) is 15.2. The second-order valence-corrected chi connectivity index (χ2v) is 7.64. The van der Waals surface area contributed by atoms with Crippen molar-refractivity contribution in [2.24, 2.45) is 0 Å². The summed E-state index contributed by atoms with van der Waals surface area (Å²) < 4.78 is 14.2. The van der Waals surface area contributed by atoms with Crippen LogP contribution < -0.4 is 0 Å². The molecule has 1 aromatic heterocycles. The minimum Gasteiger partial charge on any atom is -0.347 e. The first-order chi connectivity index (χ1) is 11.5. The van der Waals surface area contributed by atoms with Crippen LogP contribution in [0.25, 0.3) is 0 Å². The van der Waals surface area contributed by atoms with Crippen molar-refractivity contribution < 1.29 is 9.47 Å². The SMILES string of the molecule is CC(Cl)(Cc1ccc(Cl)cc1)OC1CCCC(Cn2ccnc2)O1. The first-order valence-corrected chi connectivity index (χ1v) is 8.98. The second kappa shape index (κ2) is 7.87. The summed E-state index contributed by atoms with van der Waals surface area (Å²) in [5.41, 5.74) is 1.09. The van der Waals surface area contributed by atoms with Gasteiger partial charge >= 0.3 is 0 Å². The predicted molar refractivity (Wildman–Crippen MR) is 95.2 cm³/mol. The van der Waals surface area contributed by atoms with Crippen molar-refractivity contribution in [3.05, 3.63) is 53.6 Å². The monoisotopic (exact) mass is 368 g/mol. The van der Waals surface area contributed by atoms with E-state index in [-0.39, 0.29) is 12.4 Å². The molecule has 1 fully saturated rings. The summed E-state index contributed by atoms with van der Waals surface area (Å²) >= 11 is 12.5. The van der Waals surface area contributed by atoms with Crippen LogP contribution in [0.5, 0.6) is 0 Å². The van der Waals surface area contributed by atoms with E-state index < -0.39 is 5.06 Å². The van der Waals surface area contributed by atoms with Crippen molar-refractivity contribution in [2.75, 3.05) is 0 Å². The van der Waals surface area contributed by atoms with Gasteiger partial charge in [0.05, 0.1) is 12.4 Å². The van der Waals surface area contributed by atoms with Crippen LogP contribution in [-0.2, 0) is 22.4 Å². The largest absolute Gasteiger partial charge is 0.347 e. The van der Waals surface area contributed by atoms with Crippen molar-refractivity contribution in [1.29, 1.82) is 0 Å². The minimum atomic E-state index is -0.810. The molecule has 3 unspecified atom stereocenters. The molecule has 0 saturated carbocycles. The zero-order chi connectivity index (χ0) is 17.0. The van der Waals surface area contributed by atoms with Gasteiger partial charge in [-0.1, -0.05) is 35.3 Å². The van der Waals surface area contributed by atoms with Crippen molar-refractivity contribution in [1.82, 2.24) is 9.55 Å². The number of nitrogens with zero attached hydrogens (tertiary/aromatic N) is 2. The van der Waals surface area contributed by atoms with Crippen molar-refractivity contribution in [3.8, 4) is 0 Å². The topological polar surface area (TPSA) is 36.3 Å². The first-order valence-electron chi connectivity index (χ1n) is 8.22. The van der Waals surface area contributed by atoms with Crippen molar-refractivity contribution in [2.45, 2.75) is 56.6 Å². The van der Waals surface area contributed by atoms with Gasteiger partial charge in [-0.3, -0.25) is 0 Å². The fourth-order valence-corrected chi connectivity index (χ4v) is 3.38. The standard InChI is InChI=1S/C18H22Cl2N2O2/c1-18(20,11-14-5-7-15(19)8-6-14)24-17-4-2-3-16(23-17)12-22-10-9-21-13-22/h5-10,13,16-17H,2-4,11-12H2,1H3. The molecule has 1 saturated heterocycles. The van der Waals surface area contributed by atoms with Gasteiger partial charge in [0.1, 0.15) is 5.06 Å². The van der Waals surface area contributed by atoms with E-state index >= 15 is 0 Å². The molecule has 1 aliphatic heterocycles. The lowest BCUT2D eigenvalue weighted by molar-refractivity contribution is -0.223. The second-order valence-electron chi connectivity index (χ2n) is 6.40. The Kier molecular flexibility index (Phi) is 5.82. The van der Waals surface area contributed by atoms with Crippen molar-refractivity contribution in [3.63, 3.8) is 0 Å². The highest BCUT2D eigenvalue weighted by molar-refractivity contribution is 6.30. The van der Waals surface area contributed by atoms with Crippen molar-refractivity contribution >= 4 is 23.2 Å². The van der Waals surface area contributed by atoms with Gasteiger partial charge in [-0.05, 0) is 43.9 Å². The molecule has 0 spiro atoms. The Morgan fingerprint density at radius 2 is 2.12 bits per heavy atom. The van der Waals surface area contributed by atoms with Crippen LogP contribution in [0.15, 0.2) is 43.0 Å². The zero-order valence-electron chi connectivity index (χ0n) is 13.7. The number of hydrogen-bond acceptors (Lipinski definition) is 3. The highest BCUT2D eigenvalue weighted by Gasteiger charge is 2.31. The van der Waals surface area contributed by atoms with Crippen LogP contribution in [0.4, 0.5) is 0 Å². The molecule has 130 valence electrons. The molecule has 1 aromatic carbocycles. The fraction of sp³-hybridized carbons (Fsp3) is 0.500. The number of imidazole rings is 1. The summed E-state index contributed by atoms with van der Waals surface area (Å²) in [6.07, 6.45) is 8.93. The molecule has 0 amide bonds. The molecule has 2 heterocycles. The molecule has 3 atom stereocenters. The average molecular weight is 369 g/mol. The van der Waals surface area contributed by atoms with Crippen LogP contribution in [-0.4, -0.2) is 27.0 Å².